The van der Waals surface area contributed by atoms with E-state index < -0.39 is 6.10 Å². The highest BCUT2D eigenvalue weighted by molar-refractivity contribution is 5.79. The molecule has 1 aromatic rings. The van der Waals surface area contributed by atoms with E-state index in [1.807, 2.05) is 45.0 Å². The van der Waals surface area contributed by atoms with Crippen molar-refractivity contribution in [3.05, 3.63) is 29.8 Å². The Morgan fingerprint density at radius 3 is 2.70 bits per heavy atom. The molecule has 154 valence electrons. The molecule has 0 fully saturated rings. The summed E-state index contributed by atoms with van der Waals surface area (Å²) in [4.78, 5) is 6.69. The number of hydrogen-bond acceptors (Lipinski definition) is 5. The van der Waals surface area contributed by atoms with Crippen LogP contribution in [0.1, 0.15) is 32.4 Å². The average Bonchev–Trinajstić information content (AvgIpc) is 2.63. The van der Waals surface area contributed by atoms with Crippen molar-refractivity contribution in [3.8, 4) is 5.75 Å². The van der Waals surface area contributed by atoms with Gasteiger partial charge in [0.25, 0.3) is 0 Å². The molecule has 0 bridgehead atoms. The van der Waals surface area contributed by atoms with Crippen LogP contribution in [0.15, 0.2) is 29.3 Å². The van der Waals surface area contributed by atoms with E-state index in [9.17, 15) is 5.11 Å². The third kappa shape index (κ3) is 10.2. The van der Waals surface area contributed by atoms with Gasteiger partial charge < -0.3 is 30.1 Å². The van der Waals surface area contributed by atoms with Crippen LogP contribution in [0.25, 0.3) is 0 Å². The molecule has 1 atom stereocenters. The number of rotatable bonds is 12. The summed E-state index contributed by atoms with van der Waals surface area (Å²) < 4.78 is 10.8. The monoisotopic (exact) mass is 380 g/mol. The molecule has 0 saturated heterocycles. The molecule has 0 aliphatic rings. The highest BCUT2D eigenvalue weighted by atomic mass is 16.5. The van der Waals surface area contributed by atoms with Crippen LogP contribution >= 0.6 is 0 Å². The van der Waals surface area contributed by atoms with Crippen molar-refractivity contribution in [2.75, 3.05) is 53.5 Å². The Bertz CT molecular complexity index is 552. The summed E-state index contributed by atoms with van der Waals surface area (Å²) in [5.74, 6) is 1.46. The van der Waals surface area contributed by atoms with Gasteiger partial charge in [-0.15, -0.1) is 0 Å². The maximum Gasteiger partial charge on any atom is 0.191 e. The highest BCUT2D eigenvalue weighted by Gasteiger charge is 2.09. The van der Waals surface area contributed by atoms with Crippen molar-refractivity contribution in [1.29, 1.82) is 0 Å². The zero-order valence-electron chi connectivity index (χ0n) is 17.4. The lowest BCUT2D eigenvalue weighted by atomic mass is 10.1. The Morgan fingerprint density at radius 1 is 1.26 bits per heavy atom. The first-order chi connectivity index (χ1) is 13.0. The molecule has 7 heteroatoms. The number of likely N-dealkylation sites (N-methyl/N-ethyl adjacent to an activating group) is 1. The quantitative estimate of drug-likeness (QED) is 0.378. The zero-order chi connectivity index (χ0) is 20.1. The van der Waals surface area contributed by atoms with E-state index in [0.29, 0.717) is 5.96 Å². The van der Waals surface area contributed by atoms with E-state index >= 15 is 0 Å². The average molecular weight is 381 g/mol. The van der Waals surface area contributed by atoms with Gasteiger partial charge in [0.15, 0.2) is 5.96 Å². The standard InChI is InChI=1S/C20H36N4O3/c1-6-21-20(22-10-11-24(4)12-13-26-5)23-15-19(25)17-8-7-9-18(14-17)27-16(2)3/h7-9,14,16,19,25H,6,10-13,15H2,1-5H3,(H2,21,22,23). The lowest BCUT2D eigenvalue weighted by Gasteiger charge is -2.18. The first kappa shape index (κ1) is 23.2. The summed E-state index contributed by atoms with van der Waals surface area (Å²) in [5.41, 5.74) is 0.798. The fourth-order valence-corrected chi connectivity index (χ4v) is 2.42. The molecule has 0 amide bonds. The van der Waals surface area contributed by atoms with E-state index in [1.54, 1.807) is 7.11 Å². The minimum absolute atomic E-state index is 0.0991. The number of ether oxygens (including phenoxy) is 2. The van der Waals surface area contributed by atoms with Crippen LogP contribution in [0.5, 0.6) is 5.75 Å². The van der Waals surface area contributed by atoms with Crippen LogP contribution in [-0.4, -0.2) is 75.6 Å². The van der Waals surface area contributed by atoms with Gasteiger partial charge in [-0.3, -0.25) is 4.99 Å². The van der Waals surface area contributed by atoms with Crippen molar-refractivity contribution in [3.63, 3.8) is 0 Å². The Labute approximate surface area is 163 Å². The number of aliphatic hydroxyl groups is 1. The second-order valence-corrected chi connectivity index (χ2v) is 6.70. The predicted octanol–water partition coefficient (Wildman–Crippen LogP) is 1.64. The van der Waals surface area contributed by atoms with Gasteiger partial charge >= 0.3 is 0 Å². The normalized spacial score (nSPS) is 13.1. The molecule has 0 spiro atoms. The molecular formula is C20H36N4O3. The number of benzene rings is 1. The Balaban J connectivity index is 2.55. The summed E-state index contributed by atoms with van der Waals surface area (Å²) >= 11 is 0. The van der Waals surface area contributed by atoms with Gasteiger partial charge in [-0.2, -0.15) is 0 Å². The molecule has 0 aromatic heterocycles. The van der Waals surface area contributed by atoms with Crippen LogP contribution < -0.4 is 15.4 Å². The van der Waals surface area contributed by atoms with Crippen molar-refractivity contribution in [2.45, 2.75) is 33.0 Å². The van der Waals surface area contributed by atoms with E-state index in [2.05, 4.69) is 27.6 Å². The molecule has 1 unspecified atom stereocenters. The predicted molar refractivity (Wildman–Crippen MR) is 111 cm³/mol. The molecule has 0 aliphatic carbocycles. The topological polar surface area (TPSA) is 78.4 Å². The first-order valence-electron chi connectivity index (χ1n) is 9.60. The van der Waals surface area contributed by atoms with Crippen LogP contribution in [0.3, 0.4) is 0 Å². The third-order valence-corrected chi connectivity index (χ3v) is 3.84. The molecule has 3 N–H and O–H groups in total. The number of guanidine groups is 1. The van der Waals surface area contributed by atoms with Crippen LogP contribution in [0.4, 0.5) is 0 Å². The molecule has 0 saturated carbocycles. The van der Waals surface area contributed by atoms with Gasteiger partial charge in [0.1, 0.15) is 5.75 Å². The summed E-state index contributed by atoms with van der Waals surface area (Å²) in [6, 6.07) is 7.54. The second kappa shape index (κ2) is 13.4. The van der Waals surface area contributed by atoms with Gasteiger partial charge in [-0.1, -0.05) is 12.1 Å². The van der Waals surface area contributed by atoms with Crippen molar-refractivity contribution >= 4 is 5.96 Å². The van der Waals surface area contributed by atoms with E-state index in [4.69, 9.17) is 9.47 Å². The Kier molecular flexibility index (Phi) is 11.5. The van der Waals surface area contributed by atoms with Crippen molar-refractivity contribution in [2.24, 2.45) is 4.99 Å². The number of aliphatic imine (C=N–C) groups is 1. The molecule has 1 aromatic carbocycles. The number of nitrogens with zero attached hydrogens (tertiary/aromatic N) is 2. The summed E-state index contributed by atoms with van der Waals surface area (Å²) in [7, 11) is 3.76. The highest BCUT2D eigenvalue weighted by Crippen LogP contribution is 2.20. The van der Waals surface area contributed by atoms with E-state index in [0.717, 1.165) is 44.1 Å². The van der Waals surface area contributed by atoms with Gasteiger partial charge in [-0.25, -0.2) is 0 Å². The fraction of sp³-hybridized carbons (Fsp3) is 0.650. The van der Waals surface area contributed by atoms with Crippen LogP contribution in [-0.2, 0) is 4.74 Å². The van der Waals surface area contributed by atoms with Crippen LogP contribution in [0.2, 0.25) is 0 Å². The van der Waals surface area contributed by atoms with Gasteiger partial charge in [0, 0.05) is 33.3 Å². The van der Waals surface area contributed by atoms with Crippen molar-refractivity contribution in [1.82, 2.24) is 15.5 Å². The number of methoxy groups -OCH3 is 1. The Hall–Kier alpha value is -1.83. The lowest BCUT2D eigenvalue weighted by Crippen LogP contribution is -2.41. The molecule has 0 aliphatic heterocycles. The summed E-state index contributed by atoms with van der Waals surface area (Å²) in [6.07, 6.45) is -0.581. The zero-order valence-corrected chi connectivity index (χ0v) is 17.4. The number of nitrogens with one attached hydrogen (secondary N) is 2. The molecular weight excluding hydrogens is 344 g/mol. The number of aliphatic hydroxyl groups excluding tert-OH is 1. The molecule has 7 nitrogen and oxygen atoms in total. The second-order valence-electron chi connectivity index (χ2n) is 6.70. The first-order valence-corrected chi connectivity index (χ1v) is 9.60. The number of hydrogen-bond donors (Lipinski definition) is 3. The van der Waals surface area contributed by atoms with Crippen molar-refractivity contribution < 1.29 is 14.6 Å². The summed E-state index contributed by atoms with van der Waals surface area (Å²) in [5, 5.41) is 17.0. The van der Waals surface area contributed by atoms with E-state index in [1.165, 1.54) is 0 Å². The van der Waals surface area contributed by atoms with Gasteiger partial charge in [0.05, 0.1) is 25.4 Å². The Morgan fingerprint density at radius 2 is 2.04 bits per heavy atom. The maximum absolute atomic E-state index is 10.5. The molecule has 1 rings (SSSR count). The third-order valence-electron chi connectivity index (χ3n) is 3.84. The summed E-state index contributed by atoms with van der Waals surface area (Å²) in [6.45, 7) is 10.3. The molecule has 0 radical (unpaired) electrons. The molecule has 0 heterocycles. The largest absolute Gasteiger partial charge is 0.491 e. The minimum Gasteiger partial charge on any atom is -0.491 e. The van der Waals surface area contributed by atoms with Crippen LogP contribution in [0, 0.1) is 0 Å². The fourth-order valence-electron chi connectivity index (χ4n) is 2.42. The SMILES string of the molecule is CCNC(=NCC(O)c1cccc(OC(C)C)c1)NCCN(C)CCOC. The molecule has 27 heavy (non-hydrogen) atoms. The maximum atomic E-state index is 10.5. The van der Waals surface area contributed by atoms with Gasteiger partial charge in [0.2, 0.25) is 0 Å². The van der Waals surface area contributed by atoms with Gasteiger partial charge in [-0.05, 0) is 45.5 Å². The smallest absolute Gasteiger partial charge is 0.191 e. The minimum atomic E-state index is -0.680. The lowest BCUT2D eigenvalue weighted by molar-refractivity contribution is 0.162. The van der Waals surface area contributed by atoms with E-state index in [-0.39, 0.29) is 12.6 Å².